The lowest BCUT2D eigenvalue weighted by Gasteiger charge is -2.25. The molecule has 0 spiro atoms. The van der Waals surface area contributed by atoms with Crippen molar-refractivity contribution in [2.24, 2.45) is 23.7 Å². The largest absolute Gasteiger partial charge is 0.508 e. The minimum atomic E-state index is -1.19. The molecule has 0 aromatic heterocycles. The third-order valence-electron chi connectivity index (χ3n) is 5.04. The van der Waals surface area contributed by atoms with Gasteiger partial charge in [-0.3, -0.25) is 9.59 Å². The van der Waals surface area contributed by atoms with E-state index in [1.165, 1.54) is 12.1 Å². The Morgan fingerprint density at radius 3 is 2.20 bits per heavy atom. The molecule has 3 rings (SSSR count). The SMILES string of the molecule is O=C(O)C(Cc1ccc(O)cc1)NC(=O)C1C2C=CC(C2)C1C(=O)O. The quantitative estimate of drug-likeness (QED) is 0.571. The second-order valence-electron chi connectivity index (χ2n) is 6.61. The molecule has 1 amide bonds. The maximum absolute atomic E-state index is 12.6. The molecule has 5 atom stereocenters. The number of phenolic OH excluding ortho intramolecular Hbond substituents is 1. The van der Waals surface area contributed by atoms with Crippen LogP contribution in [-0.2, 0) is 20.8 Å². The first-order valence-corrected chi connectivity index (χ1v) is 8.09. The van der Waals surface area contributed by atoms with Gasteiger partial charge in [0.05, 0.1) is 11.8 Å². The van der Waals surface area contributed by atoms with Gasteiger partial charge in [-0.1, -0.05) is 24.3 Å². The molecule has 1 saturated carbocycles. The Morgan fingerprint density at radius 1 is 1.04 bits per heavy atom. The number of amides is 1. The summed E-state index contributed by atoms with van der Waals surface area (Å²) < 4.78 is 0. The highest BCUT2D eigenvalue weighted by Gasteiger charge is 2.52. The molecule has 1 aromatic carbocycles. The number of hydrogen-bond donors (Lipinski definition) is 4. The molecule has 1 fully saturated rings. The molecule has 1 aromatic rings. The summed E-state index contributed by atoms with van der Waals surface area (Å²) in [5, 5.41) is 30.6. The first kappa shape index (κ1) is 17.0. The molecule has 7 nitrogen and oxygen atoms in total. The standard InChI is InChI=1S/C18H19NO6/c20-12-5-1-9(2-6-12)7-13(17(22)23)19-16(21)14-10-3-4-11(8-10)15(14)18(24)25/h1-6,10-11,13-15,20H,7-8H2,(H,19,21)(H,22,23)(H,24,25). The number of aromatic hydroxyl groups is 1. The molecule has 0 saturated heterocycles. The Kier molecular flexibility index (Phi) is 4.48. The van der Waals surface area contributed by atoms with Crippen LogP contribution in [0.3, 0.4) is 0 Å². The zero-order valence-electron chi connectivity index (χ0n) is 13.3. The number of carbonyl (C=O) groups is 3. The average Bonchev–Trinajstić information content (AvgIpc) is 3.17. The van der Waals surface area contributed by atoms with Crippen molar-refractivity contribution in [3.05, 3.63) is 42.0 Å². The van der Waals surface area contributed by atoms with Crippen molar-refractivity contribution in [1.29, 1.82) is 0 Å². The van der Waals surface area contributed by atoms with Gasteiger partial charge in [-0.15, -0.1) is 0 Å². The molecule has 0 heterocycles. The van der Waals surface area contributed by atoms with Crippen molar-refractivity contribution in [3.8, 4) is 5.75 Å². The summed E-state index contributed by atoms with van der Waals surface area (Å²) in [6, 6.07) is 4.89. The average molecular weight is 345 g/mol. The van der Waals surface area contributed by atoms with Crippen LogP contribution in [0.4, 0.5) is 0 Å². The number of allylic oxidation sites excluding steroid dienone is 2. The summed E-state index contributed by atoms with van der Waals surface area (Å²) in [6.45, 7) is 0. The lowest BCUT2D eigenvalue weighted by atomic mass is 9.82. The van der Waals surface area contributed by atoms with Gasteiger partial charge in [-0.05, 0) is 36.0 Å². The van der Waals surface area contributed by atoms with Gasteiger partial charge in [0.2, 0.25) is 5.91 Å². The van der Waals surface area contributed by atoms with Crippen LogP contribution in [0.1, 0.15) is 12.0 Å². The van der Waals surface area contributed by atoms with Crippen molar-refractivity contribution in [3.63, 3.8) is 0 Å². The molecule has 25 heavy (non-hydrogen) atoms. The van der Waals surface area contributed by atoms with E-state index in [4.69, 9.17) is 0 Å². The van der Waals surface area contributed by atoms with Crippen LogP contribution in [0.2, 0.25) is 0 Å². The molecular formula is C18H19NO6. The molecule has 4 N–H and O–H groups in total. The second-order valence-corrected chi connectivity index (χ2v) is 6.61. The highest BCUT2D eigenvalue weighted by Crippen LogP contribution is 2.48. The van der Waals surface area contributed by atoms with E-state index < -0.39 is 35.7 Å². The molecule has 132 valence electrons. The van der Waals surface area contributed by atoms with E-state index >= 15 is 0 Å². The highest BCUT2D eigenvalue weighted by atomic mass is 16.4. The first-order valence-electron chi connectivity index (χ1n) is 8.09. The fraction of sp³-hybridized carbons (Fsp3) is 0.389. The van der Waals surface area contributed by atoms with Crippen LogP contribution >= 0.6 is 0 Å². The van der Waals surface area contributed by atoms with Crippen molar-refractivity contribution in [1.82, 2.24) is 5.32 Å². The van der Waals surface area contributed by atoms with E-state index in [0.29, 0.717) is 12.0 Å². The Hall–Kier alpha value is -2.83. The molecule has 2 aliphatic rings. The Bertz CT molecular complexity index is 726. The van der Waals surface area contributed by atoms with Gasteiger partial charge in [0.1, 0.15) is 11.8 Å². The third kappa shape index (κ3) is 3.35. The van der Waals surface area contributed by atoms with Gasteiger partial charge >= 0.3 is 11.9 Å². The number of aliphatic carboxylic acids is 2. The second kappa shape index (κ2) is 6.58. The van der Waals surface area contributed by atoms with Gasteiger partial charge in [0.15, 0.2) is 0 Å². The van der Waals surface area contributed by atoms with Crippen LogP contribution in [-0.4, -0.2) is 39.2 Å². The van der Waals surface area contributed by atoms with Crippen LogP contribution in [0.5, 0.6) is 5.75 Å². The Balaban J connectivity index is 1.72. The number of nitrogens with one attached hydrogen (secondary N) is 1. The van der Waals surface area contributed by atoms with E-state index in [-0.39, 0.29) is 24.0 Å². The molecule has 2 aliphatic carbocycles. The van der Waals surface area contributed by atoms with Crippen molar-refractivity contribution in [2.45, 2.75) is 18.9 Å². The number of hydrogen-bond acceptors (Lipinski definition) is 4. The van der Waals surface area contributed by atoms with Crippen LogP contribution in [0.15, 0.2) is 36.4 Å². The van der Waals surface area contributed by atoms with Gasteiger partial charge in [-0.25, -0.2) is 4.79 Å². The zero-order valence-corrected chi connectivity index (χ0v) is 13.3. The number of fused-ring (bicyclic) bond motifs is 2. The number of benzene rings is 1. The summed E-state index contributed by atoms with van der Waals surface area (Å²) in [5.41, 5.74) is 0.646. The van der Waals surface area contributed by atoms with Crippen LogP contribution < -0.4 is 5.32 Å². The number of carboxylic acid groups (broad SMARTS) is 2. The predicted molar refractivity (Wildman–Crippen MR) is 86.7 cm³/mol. The van der Waals surface area contributed by atoms with E-state index in [1.54, 1.807) is 12.1 Å². The van der Waals surface area contributed by atoms with Gasteiger partial charge in [0.25, 0.3) is 0 Å². The summed E-state index contributed by atoms with van der Waals surface area (Å²) in [7, 11) is 0. The van der Waals surface area contributed by atoms with Crippen LogP contribution in [0, 0.1) is 23.7 Å². The monoisotopic (exact) mass is 345 g/mol. The van der Waals surface area contributed by atoms with Gasteiger partial charge < -0.3 is 20.6 Å². The predicted octanol–water partition coefficient (Wildman–Crippen LogP) is 1.03. The van der Waals surface area contributed by atoms with E-state index in [9.17, 15) is 29.7 Å². The highest BCUT2D eigenvalue weighted by molar-refractivity contribution is 5.89. The molecule has 0 aliphatic heterocycles. The molecule has 0 radical (unpaired) electrons. The van der Waals surface area contributed by atoms with Gasteiger partial charge in [-0.2, -0.15) is 0 Å². The van der Waals surface area contributed by atoms with Crippen molar-refractivity contribution >= 4 is 17.8 Å². The normalized spacial score (nSPS) is 27.8. The fourth-order valence-electron chi connectivity index (χ4n) is 3.85. The third-order valence-corrected chi connectivity index (χ3v) is 5.04. The number of carbonyl (C=O) groups excluding carboxylic acids is 1. The number of phenols is 1. The lowest BCUT2D eigenvalue weighted by Crippen LogP contribution is -2.48. The fourth-order valence-corrected chi connectivity index (χ4v) is 3.85. The molecular weight excluding hydrogens is 326 g/mol. The van der Waals surface area contributed by atoms with E-state index in [1.807, 2.05) is 12.2 Å². The Morgan fingerprint density at radius 2 is 1.64 bits per heavy atom. The van der Waals surface area contributed by atoms with Gasteiger partial charge in [0, 0.05) is 6.42 Å². The topological polar surface area (TPSA) is 124 Å². The smallest absolute Gasteiger partial charge is 0.326 e. The minimum absolute atomic E-state index is 0.0513. The molecule has 5 unspecified atom stereocenters. The molecule has 2 bridgehead atoms. The summed E-state index contributed by atoms with van der Waals surface area (Å²) in [4.78, 5) is 35.6. The first-order chi connectivity index (χ1) is 11.9. The zero-order chi connectivity index (χ0) is 18.1. The van der Waals surface area contributed by atoms with Crippen molar-refractivity contribution < 1.29 is 29.7 Å². The van der Waals surface area contributed by atoms with Crippen LogP contribution in [0.25, 0.3) is 0 Å². The number of carboxylic acids is 2. The van der Waals surface area contributed by atoms with E-state index in [2.05, 4.69) is 5.32 Å². The maximum atomic E-state index is 12.6. The van der Waals surface area contributed by atoms with E-state index in [0.717, 1.165) is 0 Å². The lowest BCUT2D eigenvalue weighted by molar-refractivity contribution is -0.148. The Labute approximate surface area is 144 Å². The summed E-state index contributed by atoms with van der Waals surface area (Å²) in [5.74, 6) is -4.55. The summed E-state index contributed by atoms with van der Waals surface area (Å²) >= 11 is 0. The molecule has 7 heteroatoms. The summed E-state index contributed by atoms with van der Waals surface area (Å²) in [6.07, 6.45) is 4.35. The number of rotatable bonds is 6. The minimum Gasteiger partial charge on any atom is -0.508 e. The maximum Gasteiger partial charge on any atom is 0.326 e. The van der Waals surface area contributed by atoms with Crippen molar-refractivity contribution in [2.75, 3.05) is 0 Å².